The topological polar surface area (TPSA) is 72.7 Å². The number of hydrogen-bond acceptors (Lipinski definition) is 4. The normalized spacial score (nSPS) is 12.8. The average molecular weight is 347 g/mol. The number of para-hydroxylation sites is 1. The molecule has 124 valence electrons. The minimum absolute atomic E-state index is 0.0132. The number of nitro groups is 1. The molecule has 0 aromatic heterocycles. The van der Waals surface area contributed by atoms with Gasteiger partial charge >= 0.3 is 0 Å². The number of amides is 1. The van der Waals surface area contributed by atoms with E-state index < -0.39 is 4.92 Å². The van der Waals surface area contributed by atoms with Gasteiger partial charge in [-0.2, -0.15) is 0 Å². The maximum atomic E-state index is 12.4. The van der Waals surface area contributed by atoms with Gasteiger partial charge in [-0.1, -0.05) is 29.8 Å². The van der Waals surface area contributed by atoms with Gasteiger partial charge in [0.15, 0.2) is 0 Å². The highest BCUT2D eigenvalue weighted by atomic mass is 35.5. The van der Waals surface area contributed by atoms with Crippen LogP contribution in [0.4, 0.5) is 11.4 Å². The van der Waals surface area contributed by atoms with E-state index in [0.717, 1.165) is 5.56 Å². The van der Waals surface area contributed by atoms with Crippen LogP contribution in [0.15, 0.2) is 42.5 Å². The molecule has 0 atom stereocenters. The van der Waals surface area contributed by atoms with Crippen LogP contribution in [-0.2, 0) is 11.2 Å². The molecule has 2 aromatic rings. The molecule has 1 aliphatic heterocycles. The van der Waals surface area contributed by atoms with Crippen molar-refractivity contribution >= 4 is 28.9 Å². The number of nitro benzene ring substituents is 1. The van der Waals surface area contributed by atoms with Crippen LogP contribution in [0, 0.1) is 10.1 Å². The van der Waals surface area contributed by atoms with Crippen molar-refractivity contribution in [2.24, 2.45) is 0 Å². The van der Waals surface area contributed by atoms with Gasteiger partial charge in [-0.25, -0.2) is 0 Å². The lowest BCUT2D eigenvalue weighted by atomic mass is 10.1. The van der Waals surface area contributed by atoms with E-state index in [4.69, 9.17) is 16.3 Å². The molecule has 3 rings (SSSR count). The third kappa shape index (κ3) is 3.33. The first-order chi connectivity index (χ1) is 11.6. The van der Waals surface area contributed by atoms with Gasteiger partial charge in [0.2, 0.25) is 5.91 Å². The van der Waals surface area contributed by atoms with Crippen molar-refractivity contribution in [3.05, 3.63) is 63.2 Å². The van der Waals surface area contributed by atoms with Gasteiger partial charge in [-0.3, -0.25) is 14.9 Å². The molecule has 0 fully saturated rings. The first kappa shape index (κ1) is 16.3. The summed E-state index contributed by atoms with van der Waals surface area (Å²) in [5, 5.41) is 11.4. The molecule has 1 heterocycles. The van der Waals surface area contributed by atoms with Gasteiger partial charge < -0.3 is 9.64 Å². The Balaban J connectivity index is 1.64. The predicted octanol–water partition coefficient (Wildman–Crippen LogP) is 3.61. The van der Waals surface area contributed by atoms with Gasteiger partial charge in [-0.15, -0.1) is 0 Å². The van der Waals surface area contributed by atoms with E-state index in [1.165, 1.54) is 12.1 Å². The summed E-state index contributed by atoms with van der Waals surface area (Å²) in [4.78, 5) is 24.4. The Bertz CT molecular complexity index is 794. The highest BCUT2D eigenvalue weighted by Crippen LogP contribution is 2.32. The van der Waals surface area contributed by atoms with E-state index >= 15 is 0 Å². The van der Waals surface area contributed by atoms with Gasteiger partial charge in [0.25, 0.3) is 5.69 Å². The molecular weight excluding hydrogens is 332 g/mol. The quantitative estimate of drug-likeness (QED) is 0.612. The number of carbonyl (C=O) groups excluding carboxylic acids is 1. The summed E-state index contributed by atoms with van der Waals surface area (Å²) in [6, 6.07) is 11.7. The van der Waals surface area contributed by atoms with Gasteiger partial charge in [0.05, 0.1) is 28.7 Å². The smallest absolute Gasteiger partial charge is 0.271 e. The van der Waals surface area contributed by atoms with E-state index in [0.29, 0.717) is 29.4 Å². The van der Waals surface area contributed by atoms with E-state index in [1.54, 1.807) is 35.2 Å². The molecule has 0 radical (unpaired) electrons. The summed E-state index contributed by atoms with van der Waals surface area (Å²) in [7, 11) is 0. The van der Waals surface area contributed by atoms with Crippen molar-refractivity contribution < 1.29 is 14.5 Å². The number of fused-ring (bicyclic) bond motifs is 1. The molecule has 1 amide bonds. The maximum Gasteiger partial charge on any atom is 0.271 e. The van der Waals surface area contributed by atoms with Crippen LogP contribution in [-0.4, -0.2) is 24.0 Å². The third-order valence-corrected chi connectivity index (χ3v) is 4.20. The molecular formula is C17H15ClN2O4. The first-order valence-corrected chi connectivity index (χ1v) is 7.89. The molecule has 0 N–H and O–H groups in total. The van der Waals surface area contributed by atoms with E-state index in [2.05, 4.69) is 0 Å². The number of anilines is 1. The fraction of sp³-hybridized carbons (Fsp3) is 0.235. The summed E-state index contributed by atoms with van der Waals surface area (Å²) >= 11 is 6.00. The molecule has 0 unspecified atom stereocenters. The largest absolute Gasteiger partial charge is 0.491 e. The van der Waals surface area contributed by atoms with Crippen LogP contribution in [0.25, 0.3) is 0 Å². The summed E-state index contributed by atoms with van der Waals surface area (Å²) < 4.78 is 5.53. The number of hydrogen-bond donors (Lipinski definition) is 0. The van der Waals surface area contributed by atoms with Crippen LogP contribution in [0.2, 0.25) is 5.02 Å². The van der Waals surface area contributed by atoms with Crippen LogP contribution >= 0.6 is 11.6 Å². The molecule has 2 aromatic carbocycles. The Kier molecular flexibility index (Phi) is 4.66. The van der Waals surface area contributed by atoms with Crippen molar-refractivity contribution in [2.75, 3.05) is 18.1 Å². The second-order valence-corrected chi connectivity index (χ2v) is 5.80. The Hall–Kier alpha value is -2.60. The molecule has 7 heteroatoms. The number of carbonyl (C=O) groups is 1. The van der Waals surface area contributed by atoms with Gasteiger partial charge in [-0.05, 0) is 24.1 Å². The zero-order valence-electron chi connectivity index (χ0n) is 12.8. The Labute approximate surface area is 143 Å². The summed E-state index contributed by atoms with van der Waals surface area (Å²) in [5.74, 6) is 0.408. The van der Waals surface area contributed by atoms with Gasteiger partial charge in [0.1, 0.15) is 5.75 Å². The predicted molar refractivity (Wildman–Crippen MR) is 90.7 cm³/mol. The minimum Gasteiger partial charge on any atom is -0.491 e. The number of halogens is 1. The molecule has 0 saturated carbocycles. The molecule has 0 bridgehead atoms. The van der Waals surface area contributed by atoms with Crippen molar-refractivity contribution in [3.8, 4) is 5.75 Å². The lowest BCUT2D eigenvalue weighted by Crippen LogP contribution is -2.30. The summed E-state index contributed by atoms with van der Waals surface area (Å²) in [5.41, 5.74) is 1.55. The van der Waals surface area contributed by atoms with Crippen molar-refractivity contribution in [1.29, 1.82) is 0 Å². The second kappa shape index (κ2) is 6.88. The SMILES string of the molecule is O=C(CCOc1ccccc1Cl)N1CCc2ccc([N+](=O)[O-])cc21. The molecule has 1 aliphatic rings. The zero-order valence-corrected chi connectivity index (χ0v) is 13.5. The molecule has 0 spiro atoms. The Morgan fingerprint density at radius 2 is 2.08 bits per heavy atom. The third-order valence-electron chi connectivity index (χ3n) is 3.89. The van der Waals surface area contributed by atoms with Gasteiger partial charge in [0, 0.05) is 18.7 Å². The average Bonchev–Trinajstić information content (AvgIpc) is 2.99. The van der Waals surface area contributed by atoms with Crippen molar-refractivity contribution in [1.82, 2.24) is 0 Å². The van der Waals surface area contributed by atoms with Crippen LogP contribution in [0.5, 0.6) is 5.75 Å². The Morgan fingerprint density at radius 1 is 1.29 bits per heavy atom. The highest BCUT2D eigenvalue weighted by molar-refractivity contribution is 6.32. The van der Waals surface area contributed by atoms with Crippen LogP contribution < -0.4 is 9.64 Å². The fourth-order valence-corrected chi connectivity index (χ4v) is 2.88. The highest BCUT2D eigenvalue weighted by Gasteiger charge is 2.26. The zero-order chi connectivity index (χ0) is 17.1. The molecule has 0 aliphatic carbocycles. The second-order valence-electron chi connectivity index (χ2n) is 5.39. The van der Waals surface area contributed by atoms with Crippen LogP contribution in [0.3, 0.4) is 0 Å². The van der Waals surface area contributed by atoms with Crippen LogP contribution in [0.1, 0.15) is 12.0 Å². The van der Waals surface area contributed by atoms with E-state index in [9.17, 15) is 14.9 Å². The van der Waals surface area contributed by atoms with Crippen molar-refractivity contribution in [3.63, 3.8) is 0 Å². The number of non-ortho nitro benzene ring substituents is 1. The molecule has 6 nitrogen and oxygen atoms in total. The number of ether oxygens (including phenoxy) is 1. The maximum absolute atomic E-state index is 12.4. The number of benzene rings is 2. The molecule has 24 heavy (non-hydrogen) atoms. The minimum atomic E-state index is -0.457. The molecule has 0 saturated heterocycles. The lowest BCUT2D eigenvalue weighted by molar-refractivity contribution is -0.384. The first-order valence-electron chi connectivity index (χ1n) is 7.51. The summed E-state index contributed by atoms with van der Waals surface area (Å²) in [6.45, 7) is 0.727. The monoisotopic (exact) mass is 346 g/mol. The fourth-order valence-electron chi connectivity index (χ4n) is 2.69. The van der Waals surface area contributed by atoms with Crippen molar-refractivity contribution in [2.45, 2.75) is 12.8 Å². The van der Waals surface area contributed by atoms with E-state index in [-0.39, 0.29) is 24.6 Å². The number of nitrogens with zero attached hydrogens (tertiary/aromatic N) is 2. The lowest BCUT2D eigenvalue weighted by Gasteiger charge is -2.17. The number of rotatable bonds is 5. The Morgan fingerprint density at radius 3 is 2.83 bits per heavy atom. The standard InChI is InChI=1S/C17H15ClN2O4/c18-14-3-1-2-4-16(14)24-10-8-17(21)19-9-7-12-5-6-13(20(22)23)11-15(12)19/h1-6,11H,7-10H2. The summed E-state index contributed by atoms with van der Waals surface area (Å²) in [6.07, 6.45) is 0.873. The van der Waals surface area contributed by atoms with E-state index in [1.807, 2.05) is 0 Å².